The van der Waals surface area contributed by atoms with Crippen LogP contribution in [0.2, 0.25) is 4.63 Å². The van der Waals surface area contributed by atoms with Crippen LogP contribution in [0.25, 0.3) is 0 Å². The van der Waals surface area contributed by atoms with E-state index < -0.39 is 200 Å². The van der Waals surface area contributed by atoms with E-state index in [4.69, 9.17) is 40.9 Å². The summed E-state index contributed by atoms with van der Waals surface area (Å²) < 4.78 is 504. The largest absolute Gasteiger partial charge is 0.741 e. The third-order valence-electron chi connectivity index (χ3n) is 16.3. The number of hydrogen-bond donors (Lipinski definition) is 4. The first-order chi connectivity index (χ1) is 57.8. The molecule has 0 unspecified atom stereocenters. The van der Waals surface area contributed by atoms with Gasteiger partial charge < -0.3 is 19.1 Å². The molecule has 0 aliphatic rings. The minimum Gasteiger partial charge on any atom is -0.741 e. The van der Waals surface area contributed by atoms with Gasteiger partial charge in [-0.15, -0.1) is 0 Å². The van der Waals surface area contributed by atoms with E-state index in [1.54, 1.807) is 36.4 Å². The smallest absolute Gasteiger partial charge is 0.490 e. The Balaban J connectivity index is 0.000000533. The minimum absolute atomic E-state index is 0.0210. The first kappa shape index (κ1) is 120. The van der Waals surface area contributed by atoms with Crippen molar-refractivity contribution in [3.8, 4) is 5.75 Å². The number of rotatable bonds is 15. The normalized spacial score (nSPS) is 13.3. The number of carboxylic acid groups (broad SMARTS) is 1. The predicted octanol–water partition coefficient (Wildman–Crippen LogP) is 17.8. The number of aliphatic carboxylic acids is 1. The van der Waals surface area contributed by atoms with Crippen LogP contribution >= 0.6 is 8.51 Å². The topological polar surface area (TPSA) is 183 Å². The summed E-state index contributed by atoms with van der Waals surface area (Å²) in [7, 11) is 1.18. The molecule has 0 aromatic heterocycles. The van der Waals surface area contributed by atoms with E-state index >= 15 is 0 Å². The second-order valence-corrected chi connectivity index (χ2v) is 43.3. The van der Waals surface area contributed by atoms with Gasteiger partial charge in [-0.25, -0.2) is 13.2 Å². The van der Waals surface area contributed by atoms with Gasteiger partial charge in [-0.05, 0) is 48.9 Å². The predicted molar refractivity (Wildman–Crippen MR) is 364 cm³/mol. The van der Waals surface area contributed by atoms with Crippen LogP contribution in [0, 0.1) is 136 Å². The van der Waals surface area contributed by atoms with E-state index in [0.717, 1.165) is 55.1 Å². The first-order valence-electron chi connectivity index (χ1n) is 33.4. The average molecular weight is 2860 g/mol. The Morgan fingerprint density at radius 1 is 0.388 bits per heavy atom. The zero-order valence-electron chi connectivity index (χ0n) is 64.6. The molecule has 0 amide bonds. The summed E-state index contributed by atoms with van der Waals surface area (Å²) in [6, 6.07) is 38.5. The van der Waals surface area contributed by atoms with Crippen LogP contribution in [0.5, 0.6) is 5.75 Å². The summed E-state index contributed by atoms with van der Waals surface area (Å²) in [5.74, 6) is -2.22. The molecule has 4 N–H and O–H groups in total. The number of benzene rings is 8. The quantitative estimate of drug-likeness (QED) is 0.0332. The molecule has 0 aliphatic heterocycles. The fraction of sp³-hybridized carbons (Fsp3) is 0.347. The fourth-order valence-corrected chi connectivity index (χ4v) is 19.3. The maximum Gasteiger partial charge on any atom is 0.490 e. The number of aryl methyl sites for hydroxylation is 5. The number of aliphatic hydroxyl groups is 3. The summed E-state index contributed by atoms with van der Waals surface area (Å²) in [6.45, 7) is 5.25. The molecule has 0 bridgehead atoms. The van der Waals surface area contributed by atoms with E-state index in [-0.39, 0.29) is 55.6 Å². The molecule has 0 saturated heterocycles. The van der Waals surface area contributed by atoms with Crippen LogP contribution < -0.4 is 39.0 Å². The van der Waals surface area contributed by atoms with Gasteiger partial charge in [-0.2, -0.15) is 52.7 Å². The van der Waals surface area contributed by atoms with Crippen molar-refractivity contribution in [3.05, 3.63) is 250 Å². The van der Waals surface area contributed by atoms with Crippen molar-refractivity contribution in [2.45, 2.75) is 154 Å². The zero-order valence-corrected chi connectivity index (χ0v) is 80.1. The van der Waals surface area contributed by atoms with Crippen molar-refractivity contribution in [2.24, 2.45) is 0 Å². The Bertz CT molecular complexity index is 4940. The van der Waals surface area contributed by atoms with Crippen LogP contribution in [0.4, 0.5) is 158 Å². The number of ether oxygens (including phenoxy) is 3. The van der Waals surface area contributed by atoms with Crippen molar-refractivity contribution in [1.29, 1.82) is 0 Å². The van der Waals surface area contributed by atoms with Gasteiger partial charge >= 0.3 is 557 Å². The Kier molecular flexibility index (Phi) is 42.0. The standard InChI is InChI=1S/C24H20F6IO2.C17H13AtF6O.C11H10AtClF6O.2C10H7AtF6O.C2HF3O2.CHF3O3S/c1-16-8-13-21(31-18-9-11-19(32-2)12-10-18)20(14-16)22(23(25,26)27,24(28,29)30)33-15-17-6-4-3-5-7-17;1-11-7-8-14(18)13(9-11)15(16(19,20)21,17(22,23)24)25-10-12-5-3-2-4-6-12;1-6-3-4-8(12(2)13)7(5-6)9(20,10(14,15)16)11(17,18)19;2*1-5-2-3-7(11)6(4-5)8(18,9(12,13)14)10(15,16)17;3-2(4,5)1(6)7;2-1(3,4)8(5,6)7/h3-14H,15H2,1-2H3;2-9H,10H2,1H3;3-5,20H,1-2H3;2*2-4,18H,1H3;(H,6,7);(H,5,6,7)/q+1;;;;;;/p-1/i;18+1;12+1;2*11+1;;. The van der Waals surface area contributed by atoms with Crippen molar-refractivity contribution in [1.82, 2.24) is 0 Å². The Morgan fingerprint density at radius 2 is 0.636 bits per heavy atom. The van der Waals surface area contributed by atoms with Gasteiger partial charge in [-0.1, -0.05) is 42.0 Å². The van der Waals surface area contributed by atoms with Gasteiger partial charge in [0.15, 0.2) is 13.7 Å². The Hall–Kier alpha value is -5.23. The maximum atomic E-state index is 14.4. The van der Waals surface area contributed by atoms with Crippen molar-refractivity contribution in [2.75, 3.05) is 7.11 Å². The van der Waals surface area contributed by atoms with Gasteiger partial charge in [0, 0.05) is 0 Å². The minimum atomic E-state index is -6.09. The van der Waals surface area contributed by atoms with Crippen LogP contribution in [-0.2, 0) is 65.6 Å². The van der Waals surface area contributed by atoms with Crippen LogP contribution in [-0.4, -0.2) is 120 Å². The van der Waals surface area contributed by atoms with E-state index in [1.807, 2.05) is 0 Å². The second kappa shape index (κ2) is 45.2. The van der Waals surface area contributed by atoms with Crippen LogP contribution in [0.15, 0.2) is 176 Å². The van der Waals surface area contributed by atoms with E-state index in [0.29, 0.717) is 77.0 Å². The van der Waals surface area contributed by atoms with Crippen LogP contribution in [0.3, 0.4) is 0 Å². The Labute approximate surface area is 774 Å². The summed E-state index contributed by atoms with van der Waals surface area (Å²) in [5, 5.41) is 35.0. The van der Waals surface area contributed by atoms with Crippen molar-refractivity contribution >= 4 is 37.7 Å². The summed E-state index contributed by atoms with van der Waals surface area (Å²) in [4.78, 5) is 8.90. The number of carbonyl (C=O) groups is 1. The van der Waals surface area contributed by atoms with Crippen molar-refractivity contribution < 1.29 is 326 Å². The fourth-order valence-electron chi connectivity index (χ4n) is 9.97. The molecule has 0 aliphatic carbocycles. The maximum absolute atomic E-state index is 14.4. The van der Waals surface area contributed by atoms with Gasteiger partial charge in [0.05, 0.1) is 19.3 Å². The molecule has 8 aromatic rings. The molecule has 0 heterocycles. The molecule has 724 valence electrons. The summed E-state index contributed by atoms with van der Waals surface area (Å²) in [5.41, 5.74) is -32.9. The molecule has 8 rings (SSSR count). The number of hydrogen-bond acceptors (Lipinski definition) is 10. The van der Waals surface area contributed by atoms with Gasteiger partial charge in [0.1, 0.15) is 5.75 Å². The first-order valence-corrected chi connectivity index (χ1v) is 49.4. The third-order valence-corrected chi connectivity index (χ3v) is 28.3. The molecule has 0 radical (unpaired) electrons. The van der Waals surface area contributed by atoms with Crippen LogP contribution in [0.1, 0.15) is 66.8 Å². The number of alkyl halides is 36. The molecule has 8 aromatic carbocycles. The molecule has 0 atom stereocenters. The van der Waals surface area contributed by atoms with Gasteiger partial charge in [0.25, 0.3) is 5.60 Å². The monoisotopic (exact) mass is 2860 g/mol. The molecule has 0 fully saturated rings. The van der Waals surface area contributed by atoms with E-state index in [9.17, 15) is 173 Å². The van der Waals surface area contributed by atoms with Gasteiger partial charge in [-0.3, -0.25) is 0 Å². The third kappa shape index (κ3) is 30.4. The van der Waals surface area contributed by atoms with E-state index in [1.165, 1.54) is 137 Å². The molecule has 11 nitrogen and oxygen atoms in total. The molecule has 54 heteroatoms. The zero-order chi connectivity index (χ0) is 101. The van der Waals surface area contributed by atoms with E-state index in [2.05, 4.69) is 4.74 Å². The molecule has 0 spiro atoms. The van der Waals surface area contributed by atoms with Crippen molar-refractivity contribution in [3.63, 3.8) is 0 Å². The summed E-state index contributed by atoms with van der Waals surface area (Å²) >= 11 is -2.38. The number of carboxylic acids is 1. The Morgan fingerprint density at radius 3 is 0.899 bits per heavy atom. The molecule has 0 saturated carbocycles. The second-order valence-electron chi connectivity index (χ2n) is 25.8. The number of methoxy groups -OCH3 is 1. The van der Waals surface area contributed by atoms with Gasteiger partial charge in [0.2, 0.25) is 3.57 Å². The summed E-state index contributed by atoms with van der Waals surface area (Å²) in [6.07, 6.45) is -63.0. The number of halogens is 38. The SMILES string of the molecule is COc1ccc([I+]c2ccc(C)cc2C(OCc2ccccc2)(C(F)(F)F)C(F)(F)F)cc1.Cc1ccc([211At](C)Cl)c(C(O)(C(F)(F)F)C(F)(F)F)c1.Cc1ccc([211At])c(C(O)(C(F)(F)F)C(F)(F)F)c1.Cc1ccc([211At])c(C(O)(C(F)(F)F)C(F)(F)F)c1.Cc1ccc([211At])c(C(OCc2ccccc2)(C(F)(F)F)C(F)(F)F)c1.O=C(O)C(F)(F)F.O=S(=O)([O-])C(F)(F)F. The molecular formula is C75H58At4ClF36IO11S. The molecular weight excluding hydrogens is 2800 g/mol. The molecule has 129 heavy (non-hydrogen) atoms. The average Bonchev–Trinajstić information content (AvgIpc) is 0.647.